The van der Waals surface area contributed by atoms with Crippen molar-refractivity contribution in [1.29, 1.82) is 0 Å². The highest BCUT2D eigenvalue weighted by molar-refractivity contribution is 5.46. The molecule has 1 aliphatic carbocycles. The molecule has 0 aromatic heterocycles. The second-order valence-electron chi connectivity index (χ2n) is 4.16. The predicted octanol–water partition coefficient (Wildman–Crippen LogP) is 2.41. The molecule has 0 amide bonds. The highest BCUT2D eigenvalue weighted by Crippen LogP contribution is 2.42. The first kappa shape index (κ1) is 10.2. The van der Waals surface area contributed by atoms with Gasteiger partial charge in [-0.05, 0) is 48.6 Å². The summed E-state index contributed by atoms with van der Waals surface area (Å²) in [6.45, 7) is 5.74. The van der Waals surface area contributed by atoms with Crippen molar-refractivity contribution in [3.8, 4) is 5.75 Å². The first-order chi connectivity index (χ1) is 7.08. The SMILES string of the molecule is C=C(C)C1(O)CCc2ccc(OC)cc21. The average Bonchev–Trinajstić information content (AvgIpc) is 2.57. The van der Waals surface area contributed by atoms with Crippen LogP contribution in [0.2, 0.25) is 0 Å². The molecular formula is C13H16O2. The van der Waals surface area contributed by atoms with Gasteiger partial charge in [0.1, 0.15) is 11.4 Å². The molecule has 15 heavy (non-hydrogen) atoms. The van der Waals surface area contributed by atoms with Gasteiger partial charge in [0.25, 0.3) is 0 Å². The van der Waals surface area contributed by atoms with E-state index in [1.807, 2.05) is 25.1 Å². The lowest BCUT2D eigenvalue weighted by molar-refractivity contribution is 0.0787. The van der Waals surface area contributed by atoms with Gasteiger partial charge in [-0.3, -0.25) is 0 Å². The minimum atomic E-state index is -0.857. The van der Waals surface area contributed by atoms with E-state index in [2.05, 4.69) is 6.58 Å². The van der Waals surface area contributed by atoms with Gasteiger partial charge in [0.15, 0.2) is 0 Å². The van der Waals surface area contributed by atoms with E-state index in [4.69, 9.17) is 4.74 Å². The molecule has 2 nitrogen and oxygen atoms in total. The molecular weight excluding hydrogens is 188 g/mol. The number of benzene rings is 1. The predicted molar refractivity (Wildman–Crippen MR) is 60.0 cm³/mol. The molecule has 0 saturated heterocycles. The van der Waals surface area contributed by atoms with Crippen LogP contribution in [0.5, 0.6) is 5.75 Å². The Bertz CT molecular complexity index is 409. The zero-order valence-electron chi connectivity index (χ0n) is 9.21. The number of ether oxygens (including phenoxy) is 1. The Hall–Kier alpha value is -1.28. The van der Waals surface area contributed by atoms with E-state index < -0.39 is 5.60 Å². The normalized spacial score (nSPS) is 23.7. The zero-order valence-corrected chi connectivity index (χ0v) is 9.21. The van der Waals surface area contributed by atoms with Gasteiger partial charge in [-0.25, -0.2) is 0 Å². The van der Waals surface area contributed by atoms with Crippen LogP contribution in [0.15, 0.2) is 30.4 Å². The van der Waals surface area contributed by atoms with Gasteiger partial charge >= 0.3 is 0 Å². The summed E-state index contributed by atoms with van der Waals surface area (Å²) in [6, 6.07) is 5.87. The van der Waals surface area contributed by atoms with Crippen LogP contribution in [-0.2, 0) is 12.0 Å². The van der Waals surface area contributed by atoms with Crippen LogP contribution in [0.1, 0.15) is 24.5 Å². The Morgan fingerprint density at radius 3 is 2.87 bits per heavy atom. The van der Waals surface area contributed by atoms with Crippen LogP contribution < -0.4 is 4.74 Å². The maximum absolute atomic E-state index is 10.5. The highest BCUT2D eigenvalue weighted by atomic mass is 16.5. The third-order valence-electron chi connectivity index (χ3n) is 3.22. The van der Waals surface area contributed by atoms with Crippen LogP contribution >= 0.6 is 0 Å². The molecule has 0 saturated carbocycles. The van der Waals surface area contributed by atoms with E-state index in [0.29, 0.717) is 0 Å². The lowest BCUT2D eigenvalue weighted by Crippen LogP contribution is -2.23. The molecule has 2 rings (SSSR count). The van der Waals surface area contributed by atoms with Gasteiger partial charge in [0.2, 0.25) is 0 Å². The number of hydrogen-bond donors (Lipinski definition) is 1. The Balaban J connectivity index is 2.53. The van der Waals surface area contributed by atoms with E-state index in [-0.39, 0.29) is 0 Å². The molecule has 0 heterocycles. The topological polar surface area (TPSA) is 29.5 Å². The minimum Gasteiger partial charge on any atom is -0.497 e. The van der Waals surface area contributed by atoms with Crippen molar-refractivity contribution >= 4 is 0 Å². The van der Waals surface area contributed by atoms with Crippen molar-refractivity contribution < 1.29 is 9.84 Å². The van der Waals surface area contributed by atoms with Crippen LogP contribution in [-0.4, -0.2) is 12.2 Å². The first-order valence-corrected chi connectivity index (χ1v) is 5.13. The smallest absolute Gasteiger partial charge is 0.119 e. The molecule has 1 aliphatic rings. The second kappa shape index (κ2) is 3.38. The van der Waals surface area contributed by atoms with E-state index in [1.54, 1.807) is 7.11 Å². The molecule has 2 heteroatoms. The van der Waals surface area contributed by atoms with Crippen molar-refractivity contribution in [1.82, 2.24) is 0 Å². The number of aliphatic hydroxyl groups is 1. The molecule has 1 aromatic rings. The summed E-state index contributed by atoms with van der Waals surface area (Å²) in [5, 5.41) is 10.5. The lowest BCUT2D eigenvalue weighted by Gasteiger charge is -2.24. The average molecular weight is 204 g/mol. The number of hydrogen-bond acceptors (Lipinski definition) is 2. The van der Waals surface area contributed by atoms with Gasteiger partial charge < -0.3 is 9.84 Å². The summed E-state index contributed by atoms with van der Waals surface area (Å²) in [5.74, 6) is 0.787. The van der Waals surface area contributed by atoms with E-state index in [1.165, 1.54) is 5.56 Å². The third kappa shape index (κ3) is 1.45. The lowest BCUT2D eigenvalue weighted by atomic mass is 9.89. The fraction of sp³-hybridized carbons (Fsp3) is 0.385. The van der Waals surface area contributed by atoms with Crippen LogP contribution in [0.25, 0.3) is 0 Å². The van der Waals surface area contributed by atoms with Crippen LogP contribution in [0.4, 0.5) is 0 Å². The van der Waals surface area contributed by atoms with Gasteiger partial charge in [-0.1, -0.05) is 12.6 Å². The molecule has 0 bridgehead atoms. The summed E-state index contributed by atoms with van der Waals surface area (Å²) >= 11 is 0. The molecule has 0 spiro atoms. The maximum Gasteiger partial charge on any atom is 0.119 e. The molecule has 1 N–H and O–H groups in total. The van der Waals surface area contributed by atoms with E-state index in [0.717, 1.165) is 29.7 Å². The summed E-state index contributed by atoms with van der Waals surface area (Å²) < 4.78 is 5.17. The van der Waals surface area contributed by atoms with E-state index in [9.17, 15) is 5.11 Å². The molecule has 1 unspecified atom stereocenters. The Labute approximate surface area is 90.2 Å². The zero-order chi connectivity index (χ0) is 11.1. The summed E-state index contributed by atoms with van der Waals surface area (Å²) in [5.41, 5.74) is 2.09. The quantitative estimate of drug-likeness (QED) is 0.750. The fourth-order valence-corrected chi connectivity index (χ4v) is 2.18. The van der Waals surface area contributed by atoms with E-state index >= 15 is 0 Å². The van der Waals surface area contributed by atoms with Gasteiger partial charge in [0, 0.05) is 0 Å². The molecule has 1 atom stereocenters. The largest absolute Gasteiger partial charge is 0.497 e. The molecule has 0 fully saturated rings. The monoisotopic (exact) mass is 204 g/mol. The molecule has 80 valence electrons. The molecule has 0 aliphatic heterocycles. The van der Waals surface area contributed by atoms with Crippen LogP contribution in [0.3, 0.4) is 0 Å². The standard InChI is InChI=1S/C13H16O2/c1-9(2)13(14)7-6-10-4-5-11(15-3)8-12(10)13/h4-5,8,14H,1,6-7H2,2-3H3. The van der Waals surface area contributed by atoms with Crippen molar-refractivity contribution in [3.63, 3.8) is 0 Å². The minimum absolute atomic E-state index is 0.727. The molecule has 1 aromatic carbocycles. The number of aryl methyl sites for hydroxylation is 1. The van der Waals surface area contributed by atoms with Crippen molar-refractivity contribution in [2.45, 2.75) is 25.4 Å². The summed E-state index contributed by atoms with van der Waals surface area (Å²) in [6.07, 6.45) is 1.63. The van der Waals surface area contributed by atoms with Crippen molar-refractivity contribution in [2.24, 2.45) is 0 Å². The highest BCUT2D eigenvalue weighted by Gasteiger charge is 2.37. The first-order valence-electron chi connectivity index (χ1n) is 5.13. The third-order valence-corrected chi connectivity index (χ3v) is 3.22. The Kier molecular flexibility index (Phi) is 2.31. The number of fused-ring (bicyclic) bond motifs is 1. The number of methoxy groups -OCH3 is 1. The van der Waals surface area contributed by atoms with Gasteiger partial charge in [-0.2, -0.15) is 0 Å². The second-order valence-corrected chi connectivity index (χ2v) is 4.16. The Morgan fingerprint density at radius 1 is 1.53 bits per heavy atom. The van der Waals surface area contributed by atoms with Gasteiger partial charge in [-0.15, -0.1) is 0 Å². The van der Waals surface area contributed by atoms with Crippen molar-refractivity contribution in [2.75, 3.05) is 7.11 Å². The maximum atomic E-state index is 10.5. The summed E-state index contributed by atoms with van der Waals surface area (Å²) in [7, 11) is 1.64. The summed E-state index contributed by atoms with van der Waals surface area (Å²) in [4.78, 5) is 0. The van der Waals surface area contributed by atoms with Gasteiger partial charge in [0.05, 0.1) is 7.11 Å². The van der Waals surface area contributed by atoms with Crippen LogP contribution in [0, 0.1) is 0 Å². The number of rotatable bonds is 2. The Morgan fingerprint density at radius 2 is 2.27 bits per heavy atom. The molecule has 0 radical (unpaired) electrons. The van der Waals surface area contributed by atoms with Crippen molar-refractivity contribution in [3.05, 3.63) is 41.5 Å². The fourth-order valence-electron chi connectivity index (χ4n) is 2.18.